The van der Waals surface area contributed by atoms with Crippen molar-refractivity contribution in [3.05, 3.63) is 23.8 Å². The third kappa shape index (κ3) is 2.38. The molecule has 0 amide bonds. The van der Waals surface area contributed by atoms with Crippen molar-refractivity contribution in [2.45, 2.75) is 65.2 Å². The lowest BCUT2D eigenvalue weighted by Crippen LogP contribution is -2.51. The van der Waals surface area contributed by atoms with Gasteiger partial charge in [0.05, 0.1) is 13.0 Å². The Hall–Kier alpha value is -1.38. The second-order valence-corrected chi connectivity index (χ2v) is 9.28. The summed E-state index contributed by atoms with van der Waals surface area (Å²) in [6.45, 7) is 4.60. The predicted molar refractivity (Wildman–Crippen MR) is 101 cm³/mol. The van der Waals surface area contributed by atoms with Gasteiger partial charge in [-0.2, -0.15) is 0 Å². The molecule has 4 rings (SSSR count). The van der Waals surface area contributed by atoms with E-state index in [-0.39, 0.29) is 28.5 Å². The van der Waals surface area contributed by atoms with E-state index in [0.717, 1.165) is 32.1 Å². The van der Waals surface area contributed by atoms with Gasteiger partial charge in [-0.3, -0.25) is 9.59 Å². The monoisotopic (exact) mass is 356 g/mol. The standard InChI is InChI=1S/C23H32O3/c1-4-11-23-13-10-18-17(19(23)7-8-20(23)21(25)26-3)6-5-15-14-16(24)9-12-22(15,18)2/h9,12,14,17-20H,4-8,10-11,13H2,1-3H3/t17-,18+,19+,20-,22+,23+/m1/s1. The molecule has 0 aliphatic heterocycles. The minimum absolute atomic E-state index is 0.0187. The number of rotatable bonds is 3. The molecule has 0 heterocycles. The van der Waals surface area contributed by atoms with E-state index in [4.69, 9.17) is 4.74 Å². The van der Waals surface area contributed by atoms with Crippen LogP contribution in [0, 0.1) is 34.5 Å². The summed E-state index contributed by atoms with van der Waals surface area (Å²) in [5, 5.41) is 0. The van der Waals surface area contributed by atoms with Gasteiger partial charge < -0.3 is 4.74 Å². The Kier molecular flexibility index (Phi) is 4.40. The van der Waals surface area contributed by atoms with E-state index in [2.05, 4.69) is 19.9 Å². The van der Waals surface area contributed by atoms with Crippen molar-refractivity contribution in [1.29, 1.82) is 0 Å². The molecule has 3 nitrogen and oxygen atoms in total. The van der Waals surface area contributed by atoms with Crippen LogP contribution >= 0.6 is 0 Å². The number of ketones is 1. The first-order valence-electron chi connectivity index (χ1n) is 10.5. The van der Waals surface area contributed by atoms with Gasteiger partial charge in [-0.1, -0.05) is 31.9 Å². The Balaban J connectivity index is 1.68. The first-order valence-corrected chi connectivity index (χ1v) is 10.5. The van der Waals surface area contributed by atoms with Gasteiger partial charge in [0, 0.05) is 5.41 Å². The molecule has 0 spiro atoms. The first kappa shape index (κ1) is 18.0. The van der Waals surface area contributed by atoms with Crippen LogP contribution < -0.4 is 0 Å². The number of hydrogen-bond donors (Lipinski definition) is 0. The van der Waals surface area contributed by atoms with E-state index < -0.39 is 0 Å². The highest BCUT2D eigenvalue weighted by atomic mass is 16.5. The summed E-state index contributed by atoms with van der Waals surface area (Å²) in [4.78, 5) is 24.4. The van der Waals surface area contributed by atoms with Crippen LogP contribution in [0.5, 0.6) is 0 Å². The normalized spacial score (nSPS) is 44.0. The molecule has 3 saturated carbocycles. The average molecular weight is 357 g/mol. The maximum absolute atomic E-state index is 12.6. The summed E-state index contributed by atoms with van der Waals surface area (Å²) >= 11 is 0. The van der Waals surface area contributed by atoms with Crippen molar-refractivity contribution in [2.24, 2.45) is 34.5 Å². The zero-order valence-corrected chi connectivity index (χ0v) is 16.4. The Morgan fingerprint density at radius 2 is 2.04 bits per heavy atom. The quantitative estimate of drug-likeness (QED) is 0.678. The lowest BCUT2D eigenvalue weighted by Gasteiger charge is -2.57. The Morgan fingerprint density at radius 3 is 2.77 bits per heavy atom. The average Bonchev–Trinajstić information content (AvgIpc) is 3.01. The fraction of sp³-hybridized carbons (Fsp3) is 0.739. The predicted octanol–water partition coefficient (Wildman–Crippen LogP) is 4.86. The van der Waals surface area contributed by atoms with Crippen molar-refractivity contribution in [1.82, 2.24) is 0 Å². The molecule has 0 aromatic carbocycles. The second-order valence-electron chi connectivity index (χ2n) is 9.28. The number of hydrogen-bond acceptors (Lipinski definition) is 3. The zero-order chi connectivity index (χ0) is 18.5. The van der Waals surface area contributed by atoms with Crippen molar-refractivity contribution in [2.75, 3.05) is 7.11 Å². The Bertz CT molecular complexity index is 675. The Labute approximate surface area is 157 Å². The summed E-state index contributed by atoms with van der Waals surface area (Å²) in [6.07, 6.45) is 14.8. The number of carbonyl (C=O) groups is 2. The molecule has 26 heavy (non-hydrogen) atoms. The van der Waals surface area contributed by atoms with E-state index in [1.54, 1.807) is 13.2 Å². The maximum atomic E-state index is 12.6. The van der Waals surface area contributed by atoms with E-state index in [1.807, 2.05) is 6.08 Å². The van der Waals surface area contributed by atoms with Crippen molar-refractivity contribution in [3.63, 3.8) is 0 Å². The van der Waals surface area contributed by atoms with Gasteiger partial charge in [-0.05, 0) is 80.3 Å². The first-order chi connectivity index (χ1) is 12.5. The molecule has 142 valence electrons. The van der Waals surface area contributed by atoms with Crippen LogP contribution in [0.1, 0.15) is 65.2 Å². The molecule has 3 fully saturated rings. The molecule has 4 aliphatic rings. The van der Waals surface area contributed by atoms with Crippen molar-refractivity contribution < 1.29 is 14.3 Å². The lowest BCUT2D eigenvalue weighted by atomic mass is 9.47. The molecule has 0 bridgehead atoms. The molecule has 3 heteroatoms. The lowest BCUT2D eigenvalue weighted by molar-refractivity contribution is -0.154. The highest BCUT2D eigenvalue weighted by Gasteiger charge is 2.61. The molecule has 0 radical (unpaired) electrons. The maximum Gasteiger partial charge on any atom is 0.309 e. The largest absolute Gasteiger partial charge is 0.469 e. The van der Waals surface area contributed by atoms with Crippen LogP contribution in [0.4, 0.5) is 0 Å². The minimum atomic E-state index is 0.0187. The molecule has 0 aromatic rings. The number of ether oxygens (including phenoxy) is 1. The van der Waals surface area contributed by atoms with Crippen LogP contribution in [0.25, 0.3) is 0 Å². The van der Waals surface area contributed by atoms with E-state index in [0.29, 0.717) is 17.8 Å². The SMILES string of the molecule is CCC[C@]12CC[C@H]3[C@@H](CCC4=CC(=O)C=C[C@@]43C)[C@@H]1CC[C@@H]2C(=O)OC. The van der Waals surface area contributed by atoms with E-state index >= 15 is 0 Å². The third-order valence-corrected chi connectivity index (χ3v) is 8.47. The van der Waals surface area contributed by atoms with Crippen LogP contribution in [-0.2, 0) is 14.3 Å². The molecule has 4 aliphatic carbocycles. The second kappa shape index (κ2) is 6.35. The molecular weight excluding hydrogens is 324 g/mol. The number of methoxy groups -OCH3 is 1. The Morgan fingerprint density at radius 1 is 1.23 bits per heavy atom. The van der Waals surface area contributed by atoms with E-state index in [1.165, 1.54) is 24.8 Å². The highest BCUT2D eigenvalue weighted by Crippen LogP contribution is 2.67. The fourth-order valence-corrected chi connectivity index (χ4v) is 7.45. The van der Waals surface area contributed by atoms with Gasteiger partial charge in [0.2, 0.25) is 0 Å². The van der Waals surface area contributed by atoms with Gasteiger partial charge in [0.25, 0.3) is 0 Å². The molecule has 0 N–H and O–H groups in total. The highest BCUT2D eigenvalue weighted by molar-refractivity contribution is 6.01. The summed E-state index contributed by atoms with van der Waals surface area (Å²) in [7, 11) is 1.55. The van der Waals surface area contributed by atoms with Crippen LogP contribution in [0.3, 0.4) is 0 Å². The summed E-state index contributed by atoms with van der Waals surface area (Å²) in [6, 6.07) is 0. The van der Waals surface area contributed by atoms with E-state index in [9.17, 15) is 9.59 Å². The van der Waals surface area contributed by atoms with Crippen LogP contribution in [-0.4, -0.2) is 18.9 Å². The third-order valence-electron chi connectivity index (χ3n) is 8.47. The van der Waals surface area contributed by atoms with Crippen molar-refractivity contribution in [3.8, 4) is 0 Å². The van der Waals surface area contributed by atoms with Crippen molar-refractivity contribution >= 4 is 11.8 Å². The van der Waals surface area contributed by atoms with Crippen LogP contribution in [0.2, 0.25) is 0 Å². The number of allylic oxidation sites excluding steroid dienone is 4. The minimum Gasteiger partial charge on any atom is -0.469 e. The number of fused-ring (bicyclic) bond motifs is 5. The van der Waals surface area contributed by atoms with Gasteiger partial charge in [-0.25, -0.2) is 0 Å². The summed E-state index contributed by atoms with van der Waals surface area (Å²) in [5.74, 6) is 2.17. The smallest absolute Gasteiger partial charge is 0.309 e. The molecule has 0 aromatic heterocycles. The van der Waals surface area contributed by atoms with Gasteiger partial charge >= 0.3 is 5.97 Å². The summed E-state index contributed by atoms with van der Waals surface area (Å²) in [5.41, 5.74) is 1.53. The van der Waals surface area contributed by atoms with Gasteiger partial charge in [0.15, 0.2) is 5.78 Å². The molecule has 0 unspecified atom stereocenters. The molecule has 0 saturated heterocycles. The topological polar surface area (TPSA) is 43.4 Å². The fourth-order valence-electron chi connectivity index (χ4n) is 7.45. The molecule has 6 atom stereocenters. The van der Waals surface area contributed by atoms with Crippen LogP contribution in [0.15, 0.2) is 23.8 Å². The molecular formula is C23H32O3. The van der Waals surface area contributed by atoms with Gasteiger partial charge in [0.1, 0.15) is 0 Å². The number of esters is 1. The van der Waals surface area contributed by atoms with Gasteiger partial charge in [-0.15, -0.1) is 0 Å². The summed E-state index contributed by atoms with van der Waals surface area (Å²) < 4.78 is 5.21. The zero-order valence-electron chi connectivity index (χ0n) is 16.4. The number of carbonyl (C=O) groups excluding carboxylic acids is 2.